The second kappa shape index (κ2) is 10.7. The quantitative estimate of drug-likeness (QED) is 0.832. The number of rotatable bonds is 4. The molecule has 0 bridgehead atoms. The average Bonchev–Trinajstić information content (AvgIpc) is 2.47. The minimum absolute atomic E-state index is 0.276. The van der Waals surface area contributed by atoms with E-state index in [-0.39, 0.29) is 7.92 Å². The summed E-state index contributed by atoms with van der Waals surface area (Å²) in [7, 11) is 9.19. The van der Waals surface area contributed by atoms with Gasteiger partial charge in [-0.1, -0.05) is 60.7 Å². The third-order valence-electron chi connectivity index (χ3n) is 2.49. The van der Waals surface area contributed by atoms with Crippen molar-refractivity contribution in [2.45, 2.75) is 0 Å². The van der Waals surface area contributed by atoms with Crippen LogP contribution in [0.2, 0.25) is 0 Å². The van der Waals surface area contributed by atoms with Gasteiger partial charge in [0.2, 0.25) is 0 Å². The van der Waals surface area contributed by atoms with Gasteiger partial charge in [0.15, 0.2) is 0 Å². The Kier molecular flexibility index (Phi) is 9.53. The van der Waals surface area contributed by atoms with Gasteiger partial charge < -0.3 is 5.73 Å². The molecule has 0 aliphatic rings. The van der Waals surface area contributed by atoms with E-state index in [1.165, 1.54) is 10.6 Å². The van der Waals surface area contributed by atoms with Gasteiger partial charge in [0.05, 0.1) is 0 Å². The Labute approximate surface area is 130 Å². The number of nitrogens with two attached hydrogens (primary N) is 1. The van der Waals surface area contributed by atoms with Crippen LogP contribution in [0.15, 0.2) is 60.7 Å². The van der Waals surface area contributed by atoms with E-state index in [0.717, 1.165) is 12.7 Å². The van der Waals surface area contributed by atoms with Crippen LogP contribution in [0.25, 0.3) is 0 Å². The molecular formula is C14H16Cl2CoNP. The van der Waals surface area contributed by atoms with Crippen molar-refractivity contribution in [3.63, 3.8) is 0 Å². The van der Waals surface area contributed by atoms with Gasteiger partial charge in [-0.05, 0) is 31.2 Å². The second-order valence-corrected chi connectivity index (χ2v) is 7.71. The summed E-state index contributed by atoms with van der Waals surface area (Å²) in [6, 6.07) is 21.3. The molecule has 0 unspecified atom stereocenters. The summed E-state index contributed by atoms with van der Waals surface area (Å²) in [4.78, 5) is 0. The molecule has 0 fully saturated rings. The van der Waals surface area contributed by atoms with Gasteiger partial charge in [-0.3, -0.25) is 0 Å². The van der Waals surface area contributed by atoms with Crippen LogP contribution in [0.3, 0.4) is 0 Å². The van der Waals surface area contributed by atoms with Crippen LogP contribution in [0.1, 0.15) is 0 Å². The fourth-order valence-corrected chi connectivity index (χ4v) is 3.89. The van der Waals surface area contributed by atoms with E-state index in [4.69, 9.17) is 26.0 Å². The molecule has 0 radical (unpaired) electrons. The molecule has 0 atom stereocenters. The van der Waals surface area contributed by atoms with Crippen LogP contribution in [-0.4, -0.2) is 12.7 Å². The number of benzene rings is 2. The van der Waals surface area contributed by atoms with E-state index >= 15 is 0 Å². The molecule has 105 valence electrons. The van der Waals surface area contributed by atoms with Crippen molar-refractivity contribution in [3.05, 3.63) is 60.7 Å². The van der Waals surface area contributed by atoms with E-state index < -0.39 is 0 Å². The Morgan fingerprint density at radius 1 is 0.842 bits per heavy atom. The zero-order valence-corrected chi connectivity index (χ0v) is 13.7. The molecule has 2 aromatic carbocycles. The van der Waals surface area contributed by atoms with E-state index in [1.54, 1.807) is 0 Å². The standard InChI is InChI=1S/C14H16NP.2ClH.Co/c15-11-12-16(13-7-3-1-4-8-13)14-9-5-2-6-10-14;;;/h1-10H,11-12,15H2;2*1H;/q;;;+2/p-2. The maximum absolute atomic E-state index is 5.72. The predicted molar refractivity (Wildman–Crippen MR) is 84.7 cm³/mol. The molecule has 0 heterocycles. The molecule has 2 rings (SSSR count). The molecule has 0 saturated heterocycles. The van der Waals surface area contributed by atoms with Crippen LogP contribution in [0.5, 0.6) is 0 Å². The Morgan fingerprint density at radius 2 is 1.21 bits per heavy atom. The van der Waals surface area contributed by atoms with Crippen LogP contribution in [0, 0.1) is 0 Å². The van der Waals surface area contributed by atoms with E-state index in [2.05, 4.69) is 60.7 Å². The van der Waals surface area contributed by atoms with Crippen molar-refractivity contribution < 1.29 is 12.9 Å². The van der Waals surface area contributed by atoms with Crippen LogP contribution < -0.4 is 16.3 Å². The summed E-state index contributed by atoms with van der Waals surface area (Å²) in [6.45, 7) is 0.746. The first-order valence-corrected chi connectivity index (χ1v) is 10.1. The SMILES string of the molecule is NCCP(c1ccccc1)c1ccccc1.[Cl][Co][Cl]. The summed E-state index contributed by atoms with van der Waals surface area (Å²) >= 11 is 0.382. The molecule has 0 aliphatic carbocycles. The van der Waals surface area contributed by atoms with Crippen LogP contribution >= 0.6 is 28.2 Å². The van der Waals surface area contributed by atoms with Crippen molar-refractivity contribution in [3.8, 4) is 0 Å². The summed E-state index contributed by atoms with van der Waals surface area (Å²) in [5.74, 6) is 0. The van der Waals surface area contributed by atoms with E-state index in [1.807, 2.05) is 0 Å². The molecule has 2 aromatic rings. The fourth-order valence-electron chi connectivity index (χ4n) is 1.75. The zero-order valence-electron chi connectivity index (χ0n) is 10.3. The van der Waals surface area contributed by atoms with Gasteiger partial charge in [-0.15, -0.1) is 0 Å². The maximum atomic E-state index is 5.72. The van der Waals surface area contributed by atoms with Crippen molar-refractivity contribution in [1.29, 1.82) is 0 Å². The Balaban J connectivity index is 0.000000550. The first-order chi connectivity index (χ1) is 9.33. The van der Waals surface area contributed by atoms with Crippen LogP contribution in [0.4, 0.5) is 0 Å². The number of hydrogen-bond acceptors (Lipinski definition) is 1. The van der Waals surface area contributed by atoms with Gasteiger partial charge in [0.1, 0.15) is 0 Å². The Morgan fingerprint density at radius 3 is 1.53 bits per heavy atom. The zero-order chi connectivity index (χ0) is 13.9. The Bertz CT molecular complexity index is 402. The second-order valence-electron chi connectivity index (χ2n) is 3.66. The number of halogens is 2. The van der Waals surface area contributed by atoms with Gasteiger partial charge in [0.25, 0.3) is 0 Å². The fraction of sp³-hybridized carbons (Fsp3) is 0.143. The van der Waals surface area contributed by atoms with Crippen molar-refractivity contribution >= 4 is 38.8 Å². The van der Waals surface area contributed by atoms with Crippen molar-refractivity contribution in [1.82, 2.24) is 0 Å². The normalized spacial score (nSPS) is 10.1. The van der Waals surface area contributed by atoms with Gasteiger partial charge >= 0.3 is 33.2 Å². The van der Waals surface area contributed by atoms with Crippen molar-refractivity contribution in [2.75, 3.05) is 12.7 Å². The van der Waals surface area contributed by atoms with E-state index in [9.17, 15) is 0 Å². The topological polar surface area (TPSA) is 26.0 Å². The molecule has 0 amide bonds. The summed E-state index contributed by atoms with van der Waals surface area (Å²) in [5, 5.41) is 2.82. The predicted octanol–water partition coefficient (Wildman–Crippen LogP) is 3.45. The van der Waals surface area contributed by atoms with Crippen molar-refractivity contribution in [2.24, 2.45) is 5.73 Å². The third kappa shape index (κ3) is 6.26. The average molecular weight is 359 g/mol. The molecule has 0 aromatic heterocycles. The molecule has 0 saturated carbocycles. The number of hydrogen-bond donors (Lipinski definition) is 1. The van der Waals surface area contributed by atoms with Gasteiger partial charge in [-0.2, -0.15) is 0 Å². The van der Waals surface area contributed by atoms with Crippen LogP contribution in [-0.2, 0) is 12.9 Å². The molecule has 0 aliphatic heterocycles. The molecular weight excluding hydrogens is 343 g/mol. The molecule has 1 nitrogen and oxygen atoms in total. The molecule has 2 N–H and O–H groups in total. The molecule has 0 spiro atoms. The third-order valence-corrected chi connectivity index (χ3v) is 5.04. The summed E-state index contributed by atoms with van der Waals surface area (Å²) in [5.41, 5.74) is 5.72. The Hall–Kier alpha value is -0.0835. The molecule has 5 heteroatoms. The summed E-state index contributed by atoms with van der Waals surface area (Å²) in [6.07, 6.45) is 1.06. The monoisotopic (exact) mass is 358 g/mol. The van der Waals surface area contributed by atoms with Gasteiger partial charge in [0, 0.05) is 0 Å². The van der Waals surface area contributed by atoms with Gasteiger partial charge in [-0.25, -0.2) is 0 Å². The summed E-state index contributed by atoms with van der Waals surface area (Å²) < 4.78 is 0. The molecule has 19 heavy (non-hydrogen) atoms. The first kappa shape index (κ1) is 17.0. The van der Waals surface area contributed by atoms with E-state index in [0.29, 0.717) is 12.9 Å². The minimum atomic E-state index is -0.276. The first-order valence-electron chi connectivity index (χ1n) is 5.75.